The van der Waals surface area contributed by atoms with Crippen molar-refractivity contribution in [1.29, 1.82) is 0 Å². The molecule has 122 valence electrons. The molecule has 0 aromatic heterocycles. The van der Waals surface area contributed by atoms with Crippen LogP contribution in [-0.4, -0.2) is 47.4 Å². The van der Waals surface area contributed by atoms with Crippen molar-refractivity contribution in [3.8, 4) is 0 Å². The Labute approximate surface area is 134 Å². The van der Waals surface area contributed by atoms with Crippen molar-refractivity contribution in [3.63, 3.8) is 0 Å². The van der Waals surface area contributed by atoms with Gasteiger partial charge in [-0.2, -0.15) is 0 Å². The van der Waals surface area contributed by atoms with Crippen LogP contribution in [0.4, 0.5) is 5.69 Å². The maximum atomic E-state index is 12.1. The maximum Gasteiger partial charge on any atom is 0.277 e. The van der Waals surface area contributed by atoms with E-state index in [9.17, 15) is 14.4 Å². The van der Waals surface area contributed by atoms with Gasteiger partial charge < -0.3 is 15.7 Å². The number of anilines is 1. The van der Waals surface area contributed by atoms with Crippen LogP contribution in [-0.2, 0) is 9.59 Å². The SMILES string of the molecule is CCNC(=O)c1cccc(NC2=CC(=O)N(CCO)C2=O)c1C. The molecule has 2 rings (SSSR count). The number of benzene rings is 1. The molecular formula is C16H19N3O4. The van der Waals surface area contributed by atoms with Crippen LogP contribution in [0, 0.1) is 6.92 Å². The van der Waals surface area contributed by atoms with Crippen molar-refractivity contribution in [2.75, 3.05) is 25.0 Å². The highest BCUT2D eigenvalue weighted by atomic mass is 16.3. The molecule has 23 heavy (non-hydrogen) atoms. The van der Waals surface area contributed by atoms with Gasteiger partial charge in [-0.3, -0.25) is 19.3 Å². The summed E-state index contributed by atoms with van der Waals surface area (Å²) < 4.78 is 0. The first kappa shape index (κ1) is 16.7. The van der Waals surface area contributed by atoms with Gasteiger partial charge in [-0.15, -0.1) is 0 Å². The van der Waals surface area contributed by atoms with Crippen LogP contribution in [0.15, 0.2) is 30.0 Å². The number of nitrogens with zero attached hydrogens (tertiary/aromatic N) is 1. The van der Waals surface area contributed by atoms with Gasteiger partial charge in [-0.05, 0) is 31.5 Å². The molecule has 7 nitrogen and oxygen atoms in total. The summed E-state index contributed by atoms with van der Waals surface area (Å²) in [5, 5.41) is 14.5. The summed E-state index contributed by atoms with van der Waals surface area (Å²) in [6, 6.07) is 5.12. The smallest absolute Gasteiger partial charge is 0.277 e. The third-order valence-electron chi connectivity index (χ3n) is 3.52. The van der Waals surface area contributed by atoms with Crippen LogP contribution >= 0.6 is 0 Å². The van der Waals surface area contributed by atoms with Crippen molar-refractivity contribution >= 4 is 23.4 Å². The first-order valence-electron chi connectivity index (χ1n) is 7.32. The molecule has 3 N–H and O–H groups in total. The lowest BCUT2D eigenvalue weighted by Crippen LogP contribution is -2.34. The summed E-state index contributed by atoms with van der Waals surface area (Å²) in [5.74, 6) is -1.16. The molecule has 0 aliphatic carbocycles. The molecule has 1 heterocycles. The van der Waals surface area contributed by atoms with Crippen LogP contribution in [0.1, 0.15) is 22.8 Å². The molecular weight excluding hydrogens is 298 g/mol. The standard InChI is InChI=1S/C16H19N3O4/c1-3-17-15(22)11-5-4-6-12(10(11)2)18-13-9-14(21)19(7-8-20)16(13)23/h4-6,9,18,20H,3,7-8H2,1-2H3,(H,17,22). The summed E-state index contributed by atoms with van der Waals surface area (Å²) in [6.07, 6.45) is 1.19. The summed E-state index contributed by atoms with van der Waals surface area (Å²) in [4.78, 5) is 36.8. The van der Waals surface area contributed by atoms with Gasteiger partial charge in [0.1, 0.15) is 5.70 Å². The molecule has 0 bridgehead atoms. The minimum atomic E-state index is -0.494. The van der Waals surface area contributed by atoms with Crippen molar-refractivity contribution in [2.24, 2.45) is 0 Å². The first-order chi connectivity index (χ1) is 11.0. The minimum Gasteiger partial charge on any atom is -0.395 e. The molecule has 1 aromatic rings. The third-order valence-corrected chi connectivity index (χ3v) is 3.52. The van der Waals surface area contributed by atoms with E-state index in [2.05, 4.69) is 10.6 Å². The highest BCUT2D eigenvalue weighted by Crippen LogP contribution is 2.23. The van der Waals surface area contributed by atoms with Gasteiger partial charge in [0.2, 0.25) is 0 Å². The van der Waals surface area contributed by atoms with Gasteiger partial charge in [0.25, 0.3) is 17.7 Å². The average molecular weight is 317 g/mol. The Morgan fingerprint density at radius 3 is 2.70 bits per heavy atom. The fourth-order valence-electron chi connectivity index (χ4n) is 2.33. The largest absolute Gasteiger partial charge is 0.395 e. The molecule has 1 aromatic carbocycles. The molecule has 0 spiro atoms. The van der Waals surface area contributed by atoms with E-state index >= 15 is 0 Å². The molecule has 0 saturated heterocycles. The number of aliphatic hydroxyl groups excluding tert-OH is 1. The quantitative estimate of drug-likeness (QED) is 0.660. The van der Waals surface area contributed by atoms with E-state index < -0.39 is 11.8 Å². The van der Waals surface area contributed by atoms with Gasteiger partial charge in [-0.25, -0.2) is 0 Å². The van der Waals surface area contributed by atoms with Crippen LogP contribution in [0.5, 0.6) is 0 Å². The van der Waals surface area contributed by atoms with E-state index in [4.69, 9.17) is 5.11 Å². The Morgan fingerprint density at radius 2 is 2.04 bits per heavy atom. The minimum absolute atomic E-state index is 0.0444. The molecule has 1 aliphatic heterocycles. The Kier molecular flexibility index (Phi) is 5.13. The highest BCUT2D eigenvalue weighted by Gasteiger charge is 2.30. The van der Waals surface area contributed by atoms with Crippen molar-refractivity contribution < 1.29 is 19.5 Å². The van der Waals surface area contributed by atoms with Crippen LogP contribution in [0.3, 0.4) is 0 Å². The number of amides is 3. The van der Waals surface area contributed by atoms with Gasteiger partial charge in [0.05, 0.1) is 13.2 Å². The van der Waals surface area contributed by atoms with Crippen LogP contribution in [0.25, 0.3) is 0 Å². The zero-order valence-corrected chi connectivity index (χ0v) is 13.0. The molecule has 1 aliphatic rings. The normalized spacial score (nSPS) is 14.0. The third kappa shape index (κ3) is 3.40. The fraction of sp³-hybridized carbons (Fsp3) is 0.312. The lowest BCUT2D eigenvalue weighted by atomic mass is 10.1. The zero-order chi connectivity index (χ0) is 17.0. The second-order valence-electron chi connectivity index (χ2n) is 5.04. The predicted molar refractivity (Wildman–Crippen MR) is 84.7 cm³/mol. The van der Waals surface area contributed by atoms with Gasteiger partial charge in [0.15, 0.2) is 0 Å². The summed E-state index contributed by atoms with van der Waals surface area (Å²) in [6.45, 7) is 3.78. The maximum absolute atomic E-state index is 12.1. The van der Waals surface area contributed by atoms with Crippen molar-refractivity contribution in [2.45, 2.75) is 13.8 Å². The van der Waals surface area contributed by atoms with E-state index in [0.29, 0.717) is 23.4 Å². The number of β-amino-alcohol motifs (C(OH)–C–C–N with tert-alkyl or cyclic N) is 1. The molecule has 3 amide bonds. The molecule has 0 fully saturated rings. The van der Waals surface area contributed by atoms with Crippen LogP contribution in [0.2, 0.25) is 0 Å². The Hall–Kier alpha value is -2.67. The Bertz CT molecular complexity index is 682. The predicted octanol–water partition coefficient (Wildman–Crippen LogP) is 0.402. The number of rotatable bonds is 6. The van der Waals surface area contributed by atoms with E-state index in [0.717, 1.165) is 4.90 Å². The summed E-state index contributed by atoms with van der Waals surface area (Å²) in [7, 11) is 0. The second kappa shape index (κ2) is 7.06. The van der Waals surface area contributed by atoms with Crippen molar-refractivity contribution in [1.82, 2.24) is 10.2 Å². The monoisotopic (exact) mass is 317 g/mol. The molecule has 0 unspecified atom stereocenters. The van der Waals surface area contributed by atoms with E-state index in [1.54, 1.807) is 25.1 Å². The molecule has 7 heteroatoms. The van der Waals surface area contributed by atoms with Gasteiger partial charge >= 0.3 is 0 Å². The van der Waals surface area contributed by atoms with Gasteiger partial charge in [-0.1, -0.05) is 6.07 Å². The number of hydrogen-bond acceptors (Lipinski definition) is 5. The highest BCUT2D eigenvalue weighted by molar-refractivity contribution is 6.17. The number of nitrogens with one attached hydrogen (secondary N) is 2. The molecule has 0 radical (unpaired) electrons. The fourth-order valence-corrected chi connectivity index (χ4v) is 2.33. The zero-order valence-electron chi connectivity index (χ0n) is 13.0. The Balaban J connectivity index is 2.23. The molecule has 0 saturated carbocycles. The van der Waals surface area contributed by atoms with Gasteiger partial charge in [0, 0.05) is 23.9 Å². The number of hydrogen-bond donors (Lipinski definition) is 3. The number of carbonyl (C=O) groups is 3. The molecule has 0 atom stereocenters. The Morgan fingerprint density at radius 1 is 1.30 bits per heavy atom. The number of imide groups is 1. The lowest BCUT2D eigenvalue weighted by Gasteiger charge is -2.15. The lowest BCUT2D eigenvalue weighted by molar-refractivity contribution is -0.137. The van der Waals surface area contributed by atoms with E-state index in [1.165, 1.54) is 6.08 Å². The first-order valence-corrected chi connectivity index (χ1v) is 7.32. The van der Waals surface area contributed by atoms with E-state index in [1.807, 2.05) is 6.92 Å². The second-order valence-corrected chi connectivity index (χ2v) is 5.04. The summed E-state index contributed by atoms with van der Waals surface area (Å²) in [5.41, 5.74) is 1.88. The number of aliphatic hydroxyl groups is 1. The van der Waals surface area contributed by atoms with Crippen molar-refractivity contribution in [3.05, 3.63) is 41.1 Å². The van der Waals surface area contributed by atoms with E-state index in [-0.39, 0.29) is 24.8 Å². The topological polar surface area (TPSA) is 98.7 Å². The number of carbonyl (C=O) groups excluding carboxylic acids is 3. The van der Waals surface area contributed by atoms with Crippen LogP contribution < -0.4 is 10.6 Å². The average Bonchev–Trinajstić information content (AvgIpc) is 2.77. The summed E-state index contributed by atoms with van der Waals surface area (Å²) >= 11 is 0.